The average molecular weight is 555 g/mol. The maximum absolute atomic E-state index is 13.4. The molecule has 4 heterocycles. The Morgan fingerprint density at radius 2 is 1.87 bits per heavy atom. The van der Waals surface area contributed by atoms with E-state index in [1.54, 1.807) is 12.3 Å². The molecule has 1 saturated carbocycles. The van der Waals surface area contributed by atoms with E-state index in [2.05, 4.69) is 6.92 Å². The topological polar surface area (TPSA) is 174 Å². The standard InChI is InChI=1S/C27H38O12/c1-26-9-14(13-6-8-35-12-13)38-23(32)18(26)15-10-27(2,22(37-15)24(33)34-3)17(26)5-4-7-36-25-21(31)20(30)19(29)16(11-28)39-25/h6,8,12,14-22,25,28-31H,4-5,7,9-11H2,1-3H3/t14-,15-,16+,17-,18-,19+,20-,21+,22+,25+,26-,27+/m0/s1. The third-order valence-electron chi connectivity index (χ3n) is 9.46. The Bertz CT molecular complexity index is 1030. The van der Waals surface area contributed by atoms with Gasteiger partial charge in [0.25, 0.3) is 0 Å². The summed E-state index contributed by atoms with van der Waals surface area (Å²) in [5.74, 6) is -1.59. The van der Waals surface area contributed by atoms with Gasteiger partial charge in [-0.15, -0.1) is 0 Å². The molecule has 4 N–H and O–H groups in total. The third kappa shape index (κ3) is 4.69. The number of esters is 2. The number of hydrogen-bond acceptors (Lipinski definition) is 12. The minimum atomic E-state index is -1.53. The van der Waals surface area contributed by atoms with Gasteiger partial charge in [-0.05, 0) is 43.1 Å². The number of aliphatic hydroxyl groups excluding tert-OH is 4. The number of carbonyl (C=O) groups excluding carboxylic acids is 2. The van der Waals surface area contributed by atoms with Crippen LogP contribution in [0.15, 0.2) is 23.0 Å². The van der Waals surface area contributed by atoms with Crippen LogP contribution in [0.25, 0.3) is 0 Å². The highest BCUT2D eigenvalue weighted by molar-refractivity contribution is 5.79. The number of rotatable bonds is 8. The second-order valence-corrected chi connectivity index (χ2v) is 11.7. The second kappa shape index (κ2) is 10.7. The molecular formula is C27H38O12. The van der Waals surface area contributed by atoms with Crippen LogP contribution < -0.4 is 0 Å². The molecule has 218 valence electrons. The van der Waals surface area contributed by atoms with E-state index in [-0.39, 0.29) is 18.5 Å². The van der Waals surface area contributed by atoms with E-state index in [4.69, 9.17) is 28.1 Å². The zero-order chi connectivity index (χ0) is 28.1. The lowest BCUT2D eigenvalue weighted by Crippen LogP contribution is -2.59. The van der Waals surface area contributed by atoms with Crippen molar-refractivity contribution in [3.8, 4) is 0 Å². The first-order chi connectivity index (χ1) is 18.5. The second-order valence-electron chi connectivity index (χ2n) is 11.7. The molecule has 2 bridgehead atoms. The van der Waals surface area contributed by atoms with Crippen LogP contribution in [0.3, 0.4) is 0 Å². The average Bonchev–Trinajstić information content (AvgIpc) is 3.54. The molecule has 12 atom stereocenters. The van der Waals surface area contributed by atoms with Gasteiger partial charge in [0.05, 0.1) is 38.3 Å². The number of aliphatic hydroxyl groups is 4. The van der Waals surface area contributed by atoms with Gasteiger partial charge in [-0.1, -0.05) is 13.8 Å². The Morgan fingerprint density at radius 1 is 1.10 bits per heavy atom. The van der Waals surface area contributed by atoms with Crippen molar-refractivity contribution in [2.24, 2.45) is 22.7 Å². The van der Waals surface area contributed by atoms with Crippen LogP contribution in [0.5, 0.6) is 0 Å². The lowest BCUT2D eigenvalue weighted by Gasteiger charge is -2.56. The Hall–Kier alpha value is -2.06. The zero-order valence-corrected chi connectivity index (χ0v) is 22.3. The molecule has 4 aliphatic rings. The summed E-state index contributed by atoms with van der Waals surface area (Å²) in [4.78, 5) is 26.3. The Labute approximate surface area is 226 Å². The van der Waals surface area contributed by atoms with E-state index in [1.165, 1.54) is 13.4 Å². The Balaban J connectivity index is 1.36. The smallest absolute Gasteiger partial charge is 0.335 e. The van der Waals surface area contributed by atoms with Gasteiger partial charge in [0.15, 0.2) is 12.4 Å². The lowest BCUT2D eigenvalue weighted by atomic mass is 9.48. The summed E-state index contributed by atoms with van der Waals surface area (Å²) in [6.07, 6.45) is -3.46. The summed E-state index contributed by atoms with van der Waals surface area (Å²) in [6, 6.07) is 1.78. The number of methoxy groups -OCH3 is 1. The van der Waals surface area contributed by atoms with Crippen molar-refractivity contribution in [1.29, 1.82) is 0 Å². The van der Waals surface area contributed by atoms with E-state index in [1.807, 2.05) is 6.92 Å². The van der Waals surface area contributed by atoms with E-state index < -0.39 is 78.3 Å². The molecule has 0 amide bonds. The number of fused-ring (bicyclic) bond motifs is 4. The van der Waals surface area contributed by atoms with Crippen molar-refractivity contribution < 1.29 is 58.1 Å². The molecule has 0 aromatic carbocycles. The Morgan fingerprint density at radius 3 is 2.54 bits per heavy atom. The van der Waals surface area contributed by atoms with Gasteiger partial charge in [0.2, 0.25) is 0 Å². The monoisotopic (exact) mass is 554 g/mol. The molecule has 0 radical (unpaired) electrons. The van der Waals surface area contributed by atoms with Gasteiger partial charge in [0, 0.05) is 17.6 Å². The maximum atomic E-state index is 13.4. The molecule has 12 nitrogen and oxygen atoms in total. The Kier molecular flexibility index (Phi) is 7.83. The molecule has 0 spiro atoms. The number of ether oxygens (including phenoxy) is 5. The SMILES string of the molecule is COC(=O)[C@H]1O[C@H]2C[C@]1(C)[C@@H](CCCO[C@@H]1O[C@H](CO)[C@@H](O)[C@H](O)[C@H]1O)[C@]1(C)C[C@@H](c3ccoc3)OC(=O)[C@H]21. The molecule has 0 unspecified atom stereocenters. The summed E-state index contributed by atoms with van der Waals surface area (Å²) in [6.45, 7) is 3.64. The molecule has 1 aromatic rings. The first-order valence-corrected chi connectivity index (χ1v) is 13.4. The van der Waals surface area contributed by atoms with Crippen LogP contribution in [0.4, 0.5) is 0 Å². The number of furan rings is 1. The summed E-state index contributed by atoms with van der Waals surface area (Å²) in [5.41, 5.74) is -0.438. The maximum Gasteiger partial charge on any atom is 0.335 e. The molecule has 39 heavy (non-hydrogen) atoms. The van der Waals surface area contributed by atoms with Crippen molar-refractivity contribution in [3.63, 3.8) is 0 Å². The van der Waals surface area contributed by atoms with Gasteiger partial charge in [-0.25, -0.2) is 4.79 Å². The van der Waals surface area contributed by atoms with Gasteiger partial charge in [-0.2, -0.15) is 0 Å². The normalized spacial score (nSPS) is 45.5. The predicted octanol–water partition coefficient (Wildman–Crippen LogP) is 0.453. The fourth-order valence-corrected chi connectivity index (χ4v) is 7.61. The summed E-state index contributed by atoms with van der Waals surface area (Å²) < 4.78 is 33.6. The first kappa shape index (κ1) is 28.5. The van der Waals surface area contributed by atoms with E-state index in [0.29, 0.717) is 25.7 Å². The van der Waals surface area contributed by atoms with Crippen molar-refractivity contribution in [2.75, 3.05) is 20.3 Å². The molecule has 1 aliphatic carbocycles. The van der Waals surface area contributed by atoms with Gasteiger partial charge in [-0.3, -0.25) is 4.79 Å². The zero-order valence-electron chi connectivity index (χ0n) is 22.3. The highest BCUT2D eigenvalue weighted by Gasteiger charge is 2.70. The number of cyclic esters (lactones) is 1. The molecular weight excluding hydrogens is 516 g/mol. The summed E-state index contributed by atoms with van der Waals surface area (Å²) in [5, 5.41) is 39.8. The van der Waals surface area contributed by atoms with Crippen molar-refractivity contribution in [1.82, 2.24) is 0 Å². The molecule has 5 rings (SSSR count). The highest BCUT2D eigenvalue weighted by Crippen LogP contribution is 2.66. The van der Waals surface area contributed by atoms with Crippen LogP contribution in [0.1, 0.15) is 51.2 Å². The largest absolute Gasteiger partial charge is 0.472 e. The molecule has 3 aliphatic heterocycles. The first-order valence-electron chi connectivity index (χ1n) is 13.4. The van der Waals surface area contributed by atoms with Crippen molar-refractivity contribution in [2.45, 2.75) is 88.5 Å². The quantitative estimate of drug-likeness (QED) is 0.258. The van der Waals surface area contributed by atoms with Crippen molar-refractivity contribution >= 4 is 11.9 Å². The fraction of sp³-hybridized carbons (Fsp3) is 0.778. The molecule has 12 heteroatoms. The van der Waals surface area contributed by atoms with Crippen molar-refractivity contribution in [3.05, 3.63) is 24.2 Å². The molecule has 4 fully saturated rings. The number of carbonyl (C=O) groups is 2. The van der Waals surface area contributed by atoms with Crippen LogP contribution in [-0.2, 0) is 33.3 Å². The number of hydrogen-bond donors (Lipinski definition) is 4. The van der Waals surface area contributed by atoms with Crippen LogP contribution in [0.2, 0.25) is 0 Å². The molecule has 1 aromatic heterocycles. The fourth-order valence-electron chi connectivity index (χ4n) is 7.61. The van der Waals surface area contributed by atoms with Crippen LogP contribution in [0, 0.1) is 22.7 Å². The minimum Gasteiger partial charge on any atom is -0.472 e. The van der Waals surface area contributed by atoms with Gasteiger partial charge < -0.3 is 48.5 Å². The van der Waals surface area contributed by atoms with E-state index >= 15 is 0 Å². The van der Waals surface area contributed by atoms with Crippen LogP contribution >= 0.6 is 0 Å². The molecule has 3 saturated heterocycles. The van der Waals surface area contributed by atoms with Crippen LogP contribution in [-0.4, -0.2) is 95.6 Å². The minimum absolute atomic E-state index is 0.124. The summed E-state index contributed by atoms with van der Waals surface area (Å²) >= 11 is 0. The lowest BCUT2D eigenvalue weighted by molar-refractivity contribution is -0.301. The van der Waals surface area contributed by atoms with Gasteiger partial charge in [0.1, 0.15) is 30.5 Å². The highest BCUT2D eigenvalue weighted by atomic mass is 16.7. The van der Waals surface area contributed by atoms with E-state index in [9.17, 15) is 30.0 Å². The third-order valence-corrected chi connectivity index (χ3v) is 9.46. The summed E-state index contributed by atoms with van der Waals surface area (Å²) in [7, 11) is 1.32. The van der Waals surface area contributed by atoms with E-state index in [0.717, 1.165) is 5.56 Å². The predicted molar refractivity (Wildman–Crippen MR) is 130 cm³/mol. The van der Waals surface area contributed by atoms with Gasteiger partial charge >= 0.3 is 11.9 Å².